The number of para-hydroxylation sites is 1. The number of hydrogen-bond acceptors (Lipinski definition) is 2. The highest BCUT2D eigenvalue weighted by atomic mass is 16.2. The number of carbonyl (C=O) groups is 2. The van der Waals surface area contributed by atoms with Gasteiger partial charge in [0.15, 0.2) is 0 Å². The summed E-state index contributed by atoms with van der Waals surface area (Å²) in [5, 5.41) is 6.59. The van der Waals surface area contributed by atoms with Crippen LogP contribution in [0.15, 0.2) is 48.5 Å². The van der Waals surface area contributed by atoms with Crippen LogP contribution in [0.5, 0.6) is 0 Å². The Bertz CT molecular complexity index is 895. The predicted molar refractivity (Wildman–Crippen MR) is 95.0 cm³/mol. The molecule has 2 aromatic carbocycles. The molecule has 3 N–H and O–H groups in total. The van der Waals surface area contributed by atoms with Crippen LogP contribution in [-0.4, -0.2) is 16.8 Å². The molecule has 0 aliphatic carbocycles. The summed E-state index contributed by atoms with van der Waals surface area (Å²) in [5.41, 5.74) is 4.20. The molecule has 0 aliphatic heterocycles. The van der Waals surface area contributed by atoms with E-state index in [-0.39, 0.29) is 11.8 Å². The molecule has 0 saturated carbocycles. The number of carbonyl (C=O) groups excluding carboxylic acids is 2. The maximum absolute atomic E-state index is 12.5. The lowest BCUT2D eigenvalue weighted by Crippen LogP contribution is -2.23. The third-order valence-electron chi connectivity index (χ3n) is 3.85. The van der Waals surface area contributed by atoms with E-state index < -0.39 is 0 Å². The minimum Gasteiger partial charge on any atom is -0.358 e. The average Bonchev–Trinajstić information content (AvgIpc) is 2.89. The van der Waals surface area contributed by atoms with Crippen LogP contribution in [0.1, 0.15) is 28.5 Å². The third-order valence-corrected chi connectivity index (χ3v) is 3.85. The molecule has 0 spiro atoms. The minimum atomic E-state index is -0.106. The highest BCUT2D eigenvalue weighted by molar-refractivity contribution is 6.08. The first kappa shape index (κ1) is 15.8. The fourth-order valence-electron chi connectivity index (χ4n) is 2.75. The number of nitrogens with one attached hydrogen (secondary N) is 3. The smallest absolute Gasteiger partial charge is 0.253 e. The number of fused-ring (bicyclic) bond motifs is 1. The molecule has 0 aliphatic rings. The highest BCUT2D eigenvalue weighted by Crippen LogP contribution is 2.21. The lowest BCUT2D eigenvalue weighted by atomic mass is 10.1. The van der Waals surface area contributed by atoms with Gasteiger partial charge in [0.05, 0.1) is 5.56 Å². The van der Waals surface area contributed by atoms with E-state index in [9.17, 15) is 9.59 Å². The number of H-pyrrole nitrogens is 1. The Hall–Kier alpha value is -3.08. The summed E-state index contributed by atoms with van der Waals surface area (Å²) in [7, 11) is 0. The molecule has 0 atom stereocenters. The molecule has 24 heavy (non-hydrogen) atoms. The van der Waals surface area contributed by atoms with E-state index in [2.05, 4.69) is 15.6 Å². The molecule has 1 heterocycles. The van der Waals surface area contributed by atoms with Crippen molar-refractivity contribution < 1.29 is 9.59 Å². The van der Waals surface area contributed by atoms with Gasteiger partial charge in [0.2, 0.25) is 5.91 Å². The van der Waals surface area contributed by atoms with Gasteiger partial charge in [-0.1, -0.05) is 30.3 Å². The Labute approximate surface area is 140 Å². The number of amides is 2. The molecule has 122 valence electrons. The average molecular weight is 321 g/mol. The van der Waals surface area contributed by atoms with Crippen LogP contribution >= 0.6 is 0 Å². The van der Waals surface area contributed by atoms with Crippen LogP contribution in [0.25, 0.3) is 10.9 Å². The Morgan fingerprint density at radius 1 is 1.04 bits per heavy atom. The summed E-state index contributed by atoms with van der Waals surface area (Å²) in [6.45, 7) is 3.80. The SMILES string of the molecule is CC(=O)Nc1ccc(CNC(=O)c2c(C)[nH]c3ccccc23)cc1. The largest absolute Gasteiger partial charge is 0.358 e. The fourth-order valence-corrected chi connectivity index (χ4v) is 2.75. The van der Waals surface area contributed by atoms with E-state index in [4.69, 9.17) is 0 Å². The molecule has 5 heteroatoms. The Morgan fingerprint density at radius 2 is 1.75 bits per heavy atom. The quantitative estimate of drug-likeness (QED) is 0.689. The van der Waals surface area contributed by atoms with Gasteiger partial charge < -0.3 is 15.6 Å². The van der Waals surface area contributed by atoms with Crippen molar-refractivity contribution in [3.8, 4) is 0 Å². The molecular weight excluding hydrogens is 302 g/mol. The summed E-state index contributed by atoms with van der Waals surface area (Å²) >= 11 is 0. The van der Waals surface area contributed by atoms with Crippen LogP contribution in [-0.2, 0) is 11.3 Å². The number of anilines is 1. The van der Waals surface area contributed by atoms with Crippen molar-refractivity contribution in [1.29, 1.82) is 0 Å². The van der Waals surface area contributed by atoms with Gasteiger partial charge in [0.25, 0.3) is 5.91 Å². The number of aromatic nitrogens is 1. The molecule has 5 nitrogen and oxygen atoms in total. The number of aromatic amines is 1. The van der Waals surface area contributed by atoms with Crippen LogP contribution in [0.2, 0.25) is 0 Å². The molecule has 0 unspecified atom stereocenters. The van der Waals surface area contributed by atoms with Crippen LogP contribution in [0.3, 0.4) is 0 Å². The van der Waals surface area contributed by atoms with Crippen molar-refractivity contribution >= 4 is 28.4 Å². The van der Waals surface area contributed by atoms with Gasteiger partial charge in [0, 0.05) is 35.8 Å². The van der Waals surface area contributed by atoms with E-state index in [1.165, 1.54) is 6.92 Å². The molecule has 0 bridgehead atoms. The number of hydrogen-bond donors (Lipinski definition) is 3. The van der Waals surface area contributed by atoms with Crippen LogP contribution in [0, 0.1) is 6.92 Å². The van der Waals surface area contributed by atoms with Crippen molar-refractivity contribution in [2.75, 3.05) is 5.32 Å². The first-order chi connectivity index (χ1) is 11.5. The molecule has 0 radical (unpaired) electrons. The normalized spacial score (nSPS) is 10.6. The van der Waals surface area contributed by atoms with Crippen molar-refractivity contribution in [2.24, 2.45) is 0 Å². The topological polar surface area (TPSA) is 74.0 Å². The Morgan fingerprint density at radius 3 is 2.46 bits per heavy atom. The summed E-state index contributed by atoms with van der Waals surface area (Å²) < 4.78 is 0. The van der Waals surface area contributed by atoms with Gasteiger partial charge in [-0.25, -0.2) is 0 Å². The molecule has 3 aromatic rings. The summed E-state index contributed by atoms with van der Waals surface area (Å²) in [4.78, 5) is 26.8. The zero-order chi connectivity index (χ0) is 17.1. The maximum Gasteiger partial charge on any atom is 0.253 e. The van der Waals surface area contributed by atoms with Gasteiger partial charge in [-0.15, -0.1) is 0 Å². The standard InChI is InChI=1S/C19H19N3O2/c1-12-18(16-5-3-4-6-17(16)21-12)19(24)20-11-14-7-9-15(10-8-14)22-13(2)23/h3-10,21H,11H2,1-2H3,(H,20,24)(H,22,23). The van der Waals surface area contributed by atoms with Gasteiger partial charge in [-0.2, -0.15) is 0 Å². The van der Waals surface area contributed by atoms with E-state index in [0.717, 1.165) is 27.8 Å². The Balaban J connectivity index is 1.71. The lowest BCUT2D eigenvalue weighted by Gasteiger charge is -2.07. The van der Waals surface area contributed by atoms with Crippen LogP contribution < -0.4 is 10.6 Å². The minimum absolute atomic E-state index is 0.101. The number of benzene rings is 2. The molecule has 0 fully saturated rings. The van der Waals surface area contributed by atoms with Crippen molar-refractivity contribution in [3.63, 3.8) is 0 Å². The third kappa shape index (κ3) is 3.30. The monoisotopic (exact) mass is 321 g/mol. The molecular formula is C19H19N3O2. The van der Waals surface area contributed by atoms with Crippen LogP contribution in [0.4, 0.5) is 5.69 Å². The van der Waals surface area contributed by atoms with Gasteiger partial charge >= 0.3 is 0 Å². The van der Waals surface area contributed by atoms with E-state index >= 15 is 0 Å². The summed E-state index contributed by atoms with van der Waals surface area (Å²) in [6, 6.07) is 15.2. The first-order valence-corrected chi connectivity index (χ1v) is 7.76. The van der Waals surface area contributed by atoms with Crippen molar-refractivity contribution in [3.05, 3.63) is 65.4 Å². The number of rotatable bonds is 4. The fraction of sp³-hybridized carbons (Fsp3) is 0.158. The number of aryl methyl sites for hydroxylation is 1. The second-order valence-electron chi connectivity index (χ2n) is 5.73. The van der Waals surface area contributed by atoms with E-state index in [0.29, 0.717) is 12.1 Å². The maximum atomic E-state index is 12.5. The molecule has 3 rings (SSSR count). The summed E-state index contributed by atoms with van der Waals surface area (Å²) in [6.07, 6.45) is 0. The Kier molecular flexibility index (Phi) is 4.33. The molecule has 0 saturated heterocycles. The van der Waals surface area contributed by atoms with Gasteiger partial charge in [0.1, 0.15) is 0 Å². The van der Waals surface area contributed by atoms with Gasteiger partial charge in [-0.05, 0) is 30.7 Å². The lowest BCUT2D eigenvalue weighted by molar-refractivity contribution is -0.114. The van der Waals surface area contributed by atoms with Gasteiger partial charge in [-0.3, -0.25) is 9.59 Å². The zero-order valence-corrected chi connectivity index (χ0v) is 13.6. The first-order valence-electron chi connectivity index (χ1n) is 7.76. The predicted octanol–water partition coefficient (Wildman–Crippen LogP) is 3.36. The van der Waals surface area contributed by atoms with Crippen molar-refractivity contribution in [2.45, 2.75) is 20.4 Å². The van der Waals surface area contributed by atoms with E-state index in [1.54, 1.807) is 0 Å². The van der Waals surface area contributed by atoms with E-state index in [1.807, 2.05) is 55.5 Å². The summed E-state index contributed by atoms with van der Waals surface area (Å²) in [5.74, 6) is -0.207. The second-order valence-corrected chi connectivity index (χ2v) is 5.73. The van der Waals surface area contributed by atoms with Crippen molar-refractivity contribution in [1.82, 2.24) is 10.3 Å². The molecule has 1 aromatic heterocycles. The zero-order valence-electron chi connectivity index (χ0n) is 13.6. The molecule has 2 amide bonds. The second kappa shape index (κ2) is 6.58. The highest BCUT2D eigenvalue weighted by Gasteiger charge is 2.15.